The van der Waals surface area contributed by atoms with E-state index in [4.69, 9.17) is 5.73 Å². The molecule has 12 heavy (non-hydrogen) atoms. The Morgan fingerprint density at radius 3 is 2.25 bits per heavy atom. The van der Waals surface area contributed by atoms with Crippen molar-refractivity contribution in [3.05, 3.63) is 12.7 Å². The fraction of sp³-hybridized carbons (Fsp3) is 0.818. The third-order valence-corrected chi connectivity index (χ3v) is 4.15. The predicted molar refractivity (Wildman–Crippen MR) is 51.9 cm³/mol. The molecular weight excluding hydrogens is 146 g/mol. The maximum absolute atomic E-state index is 6.44. The topological polar surface area (TPSA) is 26.0 Å². The van der Waals surface area contributed by atoms with Gasteiger partial charge in [0.2, 0.25) is 0 Å². The molecule has 0 bridgehead atoms. The summed E-state index contributed by atoms with van der Waals surface area (Å²) in [6.07, 6.45) is 11.1. The van der Waals surface area contributed by atoms with Crippen LogP contribution in [0.25, 0.3) is 0 Å². The number of hydrogen-bond acceptors (Lipinski definition) is 1. The lowest BCUT2D eigenvalue weighted by Gasteiger charge is -2.37. The molecule has 2 N–H and O–H groups in total. The van der Waals surface area contributed by atoms with Crippen LogP contribution < -0.4 is 5.73 Å². The molecule has 1 nitrogen and oxygen atoms in total. The summed E-state index contributed by atoms with van der Waals surface area (Å²) >= 11 is 0. The summed E-state index contributed by atoms with van der Waals surface area (Å²) in [5.74, 6) is 0. The molecule has 2 saturated carbocycles. The first-order valence-electron chi connectivity index (χ1n) is 5.12. The van der Waals surface area contributed by atoms with Crippen LogP contribution in [0.2, 0.25) is 0 Å². The van der Waals surface area contributed by atoms with Gasteiger partial charge in [-0.2, -0.15) is 0 Å². The molecule has 0 aromatic heterocycles. The summed E-state index contributed by atoms with van der Waals surface area (Å²) in [4.78, 5) is 0. The highest BCUT2D eigenvalue weighted by Gasteiger charge is 2.54. The van der Waals surface area contributed by atoms with Crippen LogP contribution in [-0.4, -0.2) is 5.54 Å². The highest BCUT2D eigenvalue weighted by molar-refractivity contribution is 5.12. The summed E-state index contributed by atoms with van der Waals surface area (Å²) < 4.78 is 0. The minimum Gasteiger partial charge on any atom is -0.325 e. The van der Waals surface area contributed by atoms with Crippen LogP contribution in [0.4, 0.5) is 0 Å². The first kappa shape index (κ1) is 8.31. The van der Waals surface area contributed by atoms with Crippen LogP contribution in [0, 0.1) is 5.41 Å². The molecule has 2 aliphatic carbocycles. The number of hydrogen-bond donors (Lipinski definition) is 1. The van der Waals surface area contributed by atoms with E-state index in [1.165, 1.54) is 38.5 Å². The van der Waals surface area contributed by atoms with Gasteiger partial charge in [-0.05, 0) is 37.5 Å². The zero-order valence-corrected chi connectivity index (χ0v) is 7.81. The van der Waals surface area contributed by atoms with Gasteiger partial charge in [0.1, 0.15) is 0 Å². The lowest BCUT2D eigenvalue weighted by molar-refractivity contribution is 0.203. The predicted octanol–water partition coefficient (Wildman–Crippen LogP) is 2.61. The first-order chi connectivity index (χ1) is 5.72. The summed E-state index contributed by atoms with van der Waals surface area (Å²) in [6.45, 7) is 3.85. The van der Waals surface area contributed by atoms with Crippen molar-refractivity contribution >= 4 is 0 Å². The maximum atomic E-state index is 6.44. The summed E-state index contributed by atoms with van der Waals surface area (Å²) in [5, 5.41) is 0. The third-order valence-electron chi connectivity index (χ3n) is 4.15. The number of allylic oxidation sites excluding steroid dienone is 1. The third kappa shape index (κ3) is 0.891. The Balaban J connectivity index is 2.25. The molecule has 2 rings (SSSR count). The molecule has 2 aliphatic rings. The fourth-order valence-electron chi connectivity index (χ4n) is 3.45. The number of rotatable bonds is 2. The fourth-order valence-corrected chi connectivity index (χ4v) is 3.45. The molecule has 0 aromatic carbocycles. The van der Waals surface area contributed by atoms with E-state index >= 15 is 0 Å². The minimum atomic E-state index is 0.182. The maximum Gasteiger partial charge on any atom is 0.0214 e. The molecular formula is C11H19N. The lowest BCUT2D eigenvalue weighted by Crippen LogP contribution is -2.47. The van der Waals surface area contributed by atoms with E-state index in [1.54, 1.807) is 0 Å². The van der Waals surface area contributed by atoms with Crippen LogP contribution in [0.3, 0.4) is 0 Å². The smallest absolute Gasteiger partial charge is 0.0214 e. The Morgan fingerprint density at radius 2 is 1.75 bits per heavy atom. The first-order valence-corrected chi connectivity index (χ1v) is 5.12. The second-order valence-electron chi connectivity index (χ2n) is 4.64. The van der Waals surface area contributed by atoms with Gasteiger partial charge in [0, 0.05) is 5.54 Å². The lowest BCUT2D eigenvalue weighted by atomic mass is 9.73. The standard InChI is InChI=1S/C11H19N/c1-2-5-10-6-3-8-11(10,12)9-4-7-10/h2H,1,3-9,12H2. The SMILES string of the molecule is C=CCC12CCCC1(N)CCC2. The molecule has 0 unspecified atom stereocenters. The summed E-state index contributed by atoms with van der Waals surface area (Å²) in [6, 6.07) is 0. The van der Waals surface area contributed by atoms with Crippen LogP contribution in [-0.2, 0) is 0 Å². The van der Waals surface area contributed by atoms with E-state index in [0.29, 0.717) is 5.41 Å². The number of nitrogens with two attached hydrogens (primary N) is 1. The van der Waals surface area contributed by atoms with Crippen molar-refractivity contribution in [2.45, 2.75) is 50.5 Å². The van der Waals surface area contributed by atoms with E-state index in [0.717, 1.165) is 6.42 Å². The van der Waals surface area contributed by atoms with Gasteiger partial charge in [-0.15, -0.1) is 6.58 Å². The molecule has 68 valence electrons. The average Bonchev–Trinajstić information content (AvgIpc) is 2.42. The second-order valence-corrected chi connectivity index (χ2v) is 4.64. The van der Waals surface area contributed by atoms with E-state index < -0.39 is 0 Å². The van der Waals surface area contributed by atoms with Gasteiger partial charge in [0.05, 0.1) is 0 Å². The van der Waals surface area contributed by atoms with Crippen LogP contribution in [0.1, 0.15) is 44.9 Å². The van der Waals surface area contributed by atoms with Crippen molar-refractivity contribution < 1.29 is 0 Å². The molecule has 0 aliphatic heterocycles. The Kier molecular flexibility index (Phi) is 1.80. The Labute approximate surface area is 75.0 Å². The van der Waals surface area contributed by atoms with Gasteiger partial charge in [-0.3, -0.25) is 0 Å². The second kappa shape index (κ2) is 2.59. The van der Waals surface area contributed by atoms with Crippen molar-refractivity contribution in [2.75, 3.05) is 0 Å². The van der Waals surface area contributed by atoms with Gasteiger partial charge in [0.25, 0.3) is 0 Å². The van der Waals surface area contributed by atoms with Crippen LogP contribution in [0.5, 0.6) is 0 Å². The Hall–Kier alpha value is -0.300. The van der Waals surface area contributed by atoms with Crippen LogP contribution in [0.15, 0.2) is 12.7 Å². The van der Waals surface area contributed by atoms with Gasteiger partial charge in [0.15, 0.2) is 0 Å². The van der Waals surface area contributed by atoms with Crippen molar-refractivity contribution in [1.82, 2.24) is 0 Å². The Bertz CT molecular complexity index is 185. The van der Waals surface area contributed by atoms with E-state index in [9.17, 15) is 0 Å². The van der Waals surface area contributed by atoms with Crippen LogP contribution >= 0.6 is 0 Å². The Morgan fingerprint density at radius 1 is 1.17 bits per heavy atom. The highest BCUT2D eigenvalue weighted by atomic mass is 14.8. The summed E-state index contributed by atoms with van der Waals surface area (Å²) in [7, 11) is 0. The molecule has 0 spiro atoms. The van der Waals surface area contributed by atoms with Crippen molar-refractivity contribution in [3.8, 4) is 0 Å². The quantitative estimate of drug-likeness (QED) is 0.625. The highest BCUT2D eigenvalue weighted by Crippen LogP contribution is 2.57. The zero-order chi connectivity index (χ0) is 8.66. The van der Waals surface area contributed by atoms with E-state index in [1.807, 2.05) is 0 Å². The molecule has 0 radical (unpaired) electrons. The molecule has 0 saturated heterocycles. The van der Waals surface area contributed by atoms with Gasteiger partial charge in [-0.1, -0.05) is 18.9 Å². The van der Waals surface area contributed by atoms with Gasteiger partial charge in [-0.25, -0.2) is 0 Å². The van der Waals surface area contributed by atoms with Gasteiger partial charge >= 0.3 is 0 Å². The molecule has 0 amide bonds. The largest absolute Gasteiger partial charge is 0.325 e. The molecule has 0 heterocycles. The van der Waals surface area contributed by atoms with Gasteiger partial charge < -0.3 is 5.73 Å². The van der Waals surface area contributed by atoms with E-state index in [-0.39, 0.29) is 5.54 Å². The average molecular weight is 165 g/mol. The minimum absolute atomic E-state index is 0.182. The molecule has 2 fully saturated rings. The molecule has 0 atom stereocenters. The number of fused-ring (bicyclic) bond motifs is 1. The zero-order valence-electron chi connectivity index (χ0n) is 7.81. The normalized spacial score (nSPS) is 46.1. The summed E-state index contributed by atoms with van der Waals surface area (Å²) in [5.41, 5.74) is 7.07. The molecule has 1 heteroatoms. The monoisotopic (exact) mass is 165 g/mol. The van der Waals surface area contributed by atoms with Crippen molar-refractivity contribution in [2.24, 2.45) is 11.1 Å². The van der Waals surface area contributed by atoms with Crippen molar-refractivity contribution in [3.63, 3.8) is 0 Å². The molecule has 0 aromatic rings. The van der Waals surface area contributed by atoms with Crippen molar-refractivity contribution in [1.29, 1.82) is 0 Å². The van der Waals surface area contributed by atoms with E-state index in [2.05, 4.69) is 12.7 Å².